The van der Waals surface area contributed by atoms with Crippen molar-refractivity contribution in [2.75, 3.05) is 5.32 Å². The van der Waals surface area contributed by atoms with Gasteiger partial charge >= 0.3 is 5.97 Å². The lowest BCUT2D eigenvalue weighted by Gasteiger charge is -2.02. The number of carbonyl (C=O) groups excluding carboxylic acids is 1. The number of aromatic nitrogens is 3. The maximum Gasteiger partial charge on any atom is 0.354 e. The van der Waals surface area contributed by atoms with Gasteiger partial charge in [0.15, 0.2) is 0 Å². The smallest absolute Gasteiger partial charge is 0.354 e. The summed E-state index contributed by atoms with van der Waals surface area (Å²) in [6.45, 7) is 1.70. The molecule has 0 aliphatic heterocycles. The minimum Gasteiger partial charge on any atom is -0.477 e. The number of H-pyrrole nitrogens is 1. The molecule has 3 N–H and O–H groups in total. The van der Waals surface area contributed by atoms with Gasteiger partial charge in [0.05, 0.1) is 11.9 Å². The van der Waals surface area contributed by atoms with Crippen molar-refractivity contribution in [3.05, 3.63) is 41.7 Å². The van der Waals surface area contributed by atoms with Gasteiger partial charge in [0.25, 0.3) is 5.91 Å². The fraction of sp³-hybridized carbons (Fsp3) is 0.0909. The quantitative estimate of drug-likeness (QED) is 0.750. The van der Waals surface area contributed by atoms with Gasteiger partial charge in [-0.15, -0.1) is 0 Å². The maximum atomic E-state index is 11.8. The molecule has 0 saturated heterocycles. The molecule has 0 saturated carbocycles. The summed E-state index contributed by atoms with van der Waals surface area (Å²) in [5, 5.41) is 11.4. The second-order valence-electron chi connectivity index (χ2n) is 3.59. The number of anilines is 1. The van der Waals surface area contributed by atoms with Gasteiger partial charge in [-0.2, -0.15) is 0 Å². The van der Waals surface area contributed by atoms with E-state index in [1.807, 2.05) is 0 Å². The van der Waals surface area contributed by atoms with Gasteiger partial charge in [-0.1, -0.05) is 0 Å². The van der Waals surface area contributed by atoms with E-state index in [0.717, 1.165) is 0 Å². The number of rotatable bonds is 3. The lowest BCUT2D eigenvalue weighted by Crippen LogP contribution is -2.15. The fourth-order valence-corrected chi connectivity index (χ4v) is 1.46. The molecule has 0 aliphatic carbocycles. The van der Waals surface area contributed by atoms with Crippen molar-refractivity contribution >= 4 is 17.6 Å². The first-order valence-electron chi connectivity index (χ1n) is 5.08. The summed E-state index contributed by atoms with van der Waals surface area (Å²) < 4.78 is 0. The second-order valence-corrected chi connectivity index (χ2v) is 3.59. The summed E-state index contributed by atoms with van der Waals surface area (Å²) >= 11 is 0. The molecule has 2 aromatic rings. The van der Waals surface area contributed by atoms with Crippen molar-refractivity contribution in [1.82, 2.24) is 15.0 Å². The van der Waals surface area contributed by atoms with Crippen LogP contribution in [0.4, 0.5) is 5.69 Å². The molecular formula is C11H10N4O3. The molecular weight excluding hydrogens is 236 g/mol. The molecule has 7 nitrogen and oxygen atoms in total. The van der Waals surface area contributed by atoms with E-state index >= 15 is 0 Å². The van der Waals surface area contributed by atoms with Crippen LogP contribution in [0.5, 0.6) is 0 Å². The molecule has 0 fully saturated rings. The third-order valence-corrected chi connectivity index (χ3v) is 2.21. The Bertz CT molecular complexity index is 592. The van der Waals surface area contributed by atoms with Gasteiger partial charge in [0.2, 0.25) is 0 Å². The van der Waals surface area contributed by atoms with E-state index < -0.39 is 11.9 Å². The standard InChI is InChI=1S/C11H10N4O3/c1-6-4-7(9(14-6)11(17)18)15-10(16)8-5-12-2-3-13-8/h2-5,14H,1H3,(H,15,16)(H,17,18). The highest BCUT2D eigenvalue weighted by Gasteiger charge is 2.16. The predicted molar refractivity (Wildman–Crippen MR) is 62.5 cm³/mol. The molecule has 92 valence electrons. The van der Waals surface area contributed by atoms with Gasteiger partial charge in [0, 0.05) is 18.1 Å². The molecule has 0 spiro atoms. The van der Waals surface area contributed by atoms with Crippen molar-refractivity contribution in [3.8, 4) is 0 Å². The molecule has 2 aromatic heterocycles. The highest BCUT2D eigenvalue weighted by Crippen LogP contribution is 2.17. The number of nitrogens with one attached hydrogen (secondary N) is 2. The summed E-state index contributed by atoms with van der Waals surface area (Å²) in [7, 11) is 0. The summed E-state index contributed by atoms with van der Waals surface area (Å²) in [4.78, 5) is 33.0. The first-order chi connectivity index (χ1) is 8.58. The Morgan fingerprint density at radius 2 is 2.17 bits per heavy atom. The molecule has 0 aliphatic rings. The Kier molecular flexibility index (Phi) is 3.05. The summed E-state index contributed by atoms with van der Waals surface area (Å²) in [6, 6.07) is 1.54. The minimum absolute atomic E-state index is 0.0651. The van der Waals surface area contributed by atoms with Crippen LogP contribution in [-0.2, 0) is 0 Å². The highest BCUT2D eigenvalue weighted by atomic mass is 16.4. The Labute approximate surface area is 102 Å². The molecule has 1 amide bonds. The van der Waals surface area contributed by atoms with Gasteiger partial charge in [0.1, 0.15) is 11.4 Å². The monoisotopic (exact) mass is 246 g/mol. The number of carbonyl (C=O) groups is 2. The fourth-order valence-electron chi connectivity index (χ4n) is 1.46. The normalized spacial score (nSPS) is 10.1. The first kappa shape index (κ1) is 11.8. The third kappa shape index (κ3) is 2.34. The van der Waals surface area contributed by atoms with Crippen LogP contribution in [0, 0.1) is 6.92 Å². The average molecular weight is 246 g/mol. The van der Waals surface area contributed by atoms with Crippen molar-refractivity contribution in [2.45, 2.75) is 6.92 Å². The highest BCUT2D eigenvalue weighted by molar-refractivity contribution is 6.06. The van der Waals surface area contributed by atoms with Crippen molar-refractivity contribution in [2.24, 2.45) is 0 Å². The number of carboxylic acids is 1. The lowest BCUT2D eigenvalue weighted by molar-refractivity contribution is 0.0692. The number of hydrogen-bond donors (Lipinski definition) is 3. The predicted octanol–water partition coefficient (Wildman–Crippen LogP) is 1.06. The Morgan fingerprint density at radius 1 is 1.39 bits per heavy atom. The molecule has 0 atom stereocenters. The van der Waals surface area contributed by atoms with Crippen LogP contribution in [0.1, 0.15) is 26.7 Å². The van der Waals surface area contributed by atoms with E-state index in [0.29, 0.717) is 5.69 Å². The Morgan fingerprint density at radius 3 is 2.78 bits per heavy atom. The number of aromatic amines is 1. The van der Waals surface area contributed by atoms with Crippen LogP contribution < -0.4 is 5.32 Å². The van der Waals surface area contributed by atoms with E-state index in [-0.39, 0.29) is 17.1 Å². The Hall–Kier alpha value is -2.70. The summed E-state index contributed by atoms with van der Waals surface area (Å²) in [5.41, 5.74) is 0.898. The second kappa shape index (κ2) is 4.66. The molecule has 2 rings (SSSR count). The van der Waals surface area contributed by atoms with Gasteiger partial charge in [-0.25, -0.2) is 9.78 Å². The molecule has 0 unspecified atom stereocenters. The van der Waals surface area contributed by atoms with Gasteiger partial charge in [-0.05, 0) is 13.0 Å². The van der Waals surface area contributed by atoms with Crippen LogP contribution in [0.3, 0.4) is 0 Å². The SMILES string of the molecule is Cc1cc(NC(=O)c2cnccn2)c(C(=O)O)[nH]1. The van der Waals surface area contributed by atoms with Crippen LogP contribution in [0.25, 0.3) is 0 Å². The van der Waals surface area contributed by atoms with Gasteiger partial charge < -0.3 is 15.4 Å². The van der Waals surface area contributed by atoms with Crippen LogP contribution >= 0.6 is 0 Å². The number of carboxylic acid groups (broad SMARTS) is 1. The van der Waals surface area contributed by atoms with Crippen molar-refractivity contribution in [1.29, 1.82) is 0 Å². The van der Waals surface area contributed by atoms with Crippen molar-refractivity contribution in [3.63, 3.8) is 0 Å². The van der Waals surface area contributed by atoms with Gasteiger partial charge in [-0.3, -0.25) is 9.78 Å². The number of aryl methyl sites for hydroxylation is 1. The topological polar surface area (TPSA) is 108 Å². The van der Waals surface area contributed by atoms with E-state index in [4.69, 9.17) is 5.11 Å². The zero-order valence-electron chi connectivity index (χ0n) is 9.47. The molecule has 7 heteroatoms. The van der Waals surface area contributed by atoms with E-state index in [1.54, 1.807) is 6.92 Å². The van der Waals surface area contributed by atoms with E-state index in [1.165, 1.54) is 24.7 Å². The number of hydrogen-bond acceptors (Lipinski definition) is 4. The molecule has 0 bridgehead atoms. The lowest BCUT2D eigenvalue weighted by atomic mass is 10.3. The molecule has 0 radical (unpaired) electrons. The number of nitrogens with zero attached hydrogens (tertiary/aromatic N) is 2. The number of amides is 1. The molecule has 0 aromatic carbocycles. The molecule has 2 heterocycles. The number of aromatic carboxylic acids is 1. The first-order valence-corrected chi connectivity index (χ1v) is 5.08. The average Bonchev–Trinajstić information content (AvgIpc) is 2.71. The van der Waals surface area contributed by atoms with Crippen LogP contribution in [-0.4, -0.2) is 31.9 Å². The zero-order chi connectivity index (χ0) is 13.1. The molecule has 18 heavy (non-hydrogen) atoms. The summed E-state index contributed by atoms with van der Waals surface area (Å²) in [6.07, 6.45) is 4.13. The third-order valence-electron chi connectivity index (χ3n) is 2.21. The largest absolute Gasteiger partial charge is 0.477 e. The zero-order valence-corrected chi connectivity index (χ0v) is 9.47. The van der Waals surface area contributed by atoms with E-state index in [9.17, 15) is 9.59 Å². The summed E-state index contributed by atoms with van der Waals surface area (Å²) in [5.74, 6) is -1.65. The maximum absolute atomic E-state index is 11.8. The van der Waals surface area contributed by atoms with Crippen LogP contribution in [0.2, 0.25) is 0 Å². The minimum atomic E-state index is -1.14. The van der Waals surface area contributed by atoms with Crippen molar-refractivity contribution < 1.29 is 14.7 Å². The van der Waals surface area contributed by atoms with Crippen LogP contribution in [0.15, 0.2) is 24.7 Å². The van der Waals surface area contributed by atoms with E-state index in [2.05, 4.69) is 20.3 Å². The Balaban J connectivity index is 2.25.